The molecule has 0 saturated carbocycles. The molecule has 0 aliphatic carbocycles. The van der Waals surface area contributed by atoms with E-state index in [1.54, 1.807) is 18.2 Å². The van der Waals surface area contributed by atoms with Crippen molar-refractivity contribution < 1.29 is 4.39 Å². The second-order valence-corrected chi connectivity index (χ2v) is 7.18. The molecule has 0 amide bonds. The van der Waals surface area contributed by atoms with Crippen LogP contribution in [0.5, 0.6) is 0 Å². The molecule has 1 fully saturated rings. The molecule has 2 aromatic rings. The van der Waals surface area contributed by atoms with Crippen LogP contribution in [0.3, 0.4) is 0 Å². The molecule has 29 heavy (non-hydrogen) atoms. The highest BCUT2D eigenvalue weighted by Crippen LogP contribution is 2.32. The first-order chi connectivity index (χ1) is 14.1. The van der Waals surface area contributed by atoms with Crippen molar-refractivity contribution in [1.82, 2.24) is 4.90 Å². The van der Waals surface area contributed by atoms with Crippen LogP contribution in [0.25, 0.3) is 10.8 Å². The Bertz CT molecular complexity index is 965. The highest BCUT2D eigenvalue weighted by atomic mass is 19.1. The van der Waals surface area contributed by atoms with Crippen molar-refractivity contribution in [3.63, 3.8) is 0 Å². The van der Waals surface area contributed by atoms with Crippen molar-refractivity contribution in [2.45, 2.75) is 25.7 Å². The van der Waals surface area contributed by atoms with Crippen LogP contribution in [-0.4, -0.2) is 24.7 Å². The van der Waals surface area contributed by atoms with Gasteiger partial charge < -0.3 is 10.2 Å². The summed E-state index contributed by atoms with van der Waals surface area (Å²) in [7, 11) is 0. The maximum Gasteiger partial charge on any atom is 0.121 e. The van der Waals surface area contributed by atoms with Gasteiger partial charge in [-0.25, -0.2) is 4.39 Å². The normalized spacial score (nSPS) is 15.3. The predicted molar refractivity (Wildman–Crippen MR) is 123 cm³/mol. The quantitative estimate of drug-likeness (QED) is 0.393. The van der Waals surface area contributed by atoms with Crippen LogP contribution in [0.4, 0.5) is 15.8 Å². The molecular formula is C25H28FN3. The van der Waals surface area contributed by atoms with E-state index in [1.165, 1.54) is 6.42 Å². The molecule has 0 spiro atoms. The van der Waals surface area contributed by atoms with Crippen molar-refractivity contribution in [3.8, 4) is 0 Å². The molecule has 1 N–H and O–H groups in total. The number of likely N-dealkylation sites (tertiary alicyclic amines) is 1. The second kappa shape index (κ2) is 9.87. The maximum absolute atomic E-state index is 14.5. The number of halogens is 1. The minimum Gasteiger partial charge on any atom is -0.371 e. The average molecular weight is 390 g/mol. The fraction of sp³-hybridized carbons (Fsp3) is 0.240. The van der Waals surface area contributed by atoms with Gasteiger partial charge in [-0.05, 0) is 56.3 Å². The van der Waals surface area contributed by atoms with E-state index in [1.807, 2.05) is 36.4 Å². The van der Waals surface area contributed by atoms with Crippen LogP contribution < -0.4 is 5.32 Å². The third kappa shape index (κ3) is 5.23. The lowest BCUT2D eigenvalue weighted by Gasteiger charge is -2.29. The molecule has 0 bridgehead atoms. The SMILES string of the molecule is C=C/C(=C\C(F)=C/CC(=C)Nc1ccc(N=C)c2ccccc12)N1CCCCC1. The van der Waals surface area contributed by atoms with Crippen LogP contribution in [0, 0.1) is 0 Å². The minimum absolute atomic E-state index is 0.274. The first kappa shape index (κ1) is 20.6. The van der Waals surface area contributed by atoms with E-state index in [0.717, 1.165) is 59.5 Å². The molecule has 0 unspecified atom stereocenters. The van der Waals surface area contributed by atoms with E-state index in [0.29, 0.717) is 6.42 Å². The lowest BCUT2D eigenvalue weighted by atomic mass is 10.1. The number of aliphatic imine (C=N–C) groups is 1. The fourth-order valence-electron chi connectivity index (χ4n) is 3.62. The number of nitrogens with zero attached hydrogens (tertiary/aromatic N) is 2. The van der Waals surface area contributed by atoms with Gasteiger partial charge in [0.1, 0.15) is 5.83 Å². The number of hydrogen-bond donors (Lipinski definition) is 1. The molecule has 1 aliphatic rings. The predicted octanol–water partition coefficient (Wildman–Crippen LogP) is 6.90. The number of allylic oxidation sites excluding steroid dienone is 4. The van der Waals surface area contributed by atoms with Crippen LogP contribution in [0.15, 0.2) is 90.0 Å². The molecule has 1 aliphatic heterocycles. The van der Waals surface area contributed by atoms with E-state index in [4.69, 9.17) is 0 Å². The first-order valence-corrected chi connectivity index (χ1v) is 10.0. The summed E-state index contributed by atoms with van der Waals surface area (Å²) >= 11 is 0. The number of fused-ring (bicyclic) bond motifs is 1. The third-order valence-corrected chi connectivity index (χ3v) is 5.14. The van der Waals surface area contributed by atoms with Crippen molar-refractivity contribution in [3.05, 3.63) is 85.0 Å². The molecule has 1 saturated heterocycles. The van der Waals surface area contributed by atoms with Crippen molar-refractivity contribution in [1.29, 1.82) is 0 Å². The lowest BCUT2D eigenvalue weighted by Crippen LogP contribution is -2.28. The number of anilines is 1. The van der Waals surface area contributed by atoms with E-state index in [9.17, 15) is 4.39 Å². The summed E-state index contributed by atoms with van der Waals surface area (Å²) in [4.78, 5) is 6.27. The standard InChI is InChI=1S/C25H28FN3/c1-4-21(29-16-8-5-9-17-29)18-20(26)13-12-19(2)28-25-15-14-24(27-3)22-10-6-7-11-23(22)25/h4,6-7,10-11,13-15,18,28H,1-3,5,8-9,12,16-17H2/b20-13+,21-18+. The molecule has 0 aromatic heterocycles. The highest BCUT2D eigenvalue weighted by molar-refractivity contribution is 6.01. The zero-order chi connectivity index (χ0) is 20.6. The number of piperidine rings is 1. The smallest absolute Gasteiger partial charge is 0.121 e. The fourth-order valence-corrected chi connectivity index (χ4v) is 3.62. The van der Waals surface area contributed by atoms with Crippen molar-refractivity contribution >= 4 is 28.9 Å². The summed E-state index contributed by atoms with van der Waals surface area (Å²) in [6.45, 7) is 13.4. The average Bonchev–Trinajstić information content (AvgIpc) is 2.77. The minimum atomic E-state index is -0.274. The largest absolute Gasteiger partial charge is 0.371 e. The van der Waals surface area contributed by atoms with Gasteiger partial charge in [0.15, 0.2) is 0 Å². The van der Waals surface area contributed by atoms with E-state index in [2.05, 4.69) is 35.1 Å². The molecule has 3 nitrogen and oxygen atoms in total. The number of benzene rings is 2. The second-order valence-electron chi connectivity index (χ2n) is 7.18. The van der Waals surface area contributed by atoms with E-state index in [-0.39, 0.29) is 5.83 Å². The van der Waals surface area contributed by atoms with Gasteiger partial charge in [0.25, 0.3) is 0 Å². The van der Waals surface area contributed by atoms with Crippen LogP contribution in [-0.2, 0) is 0 Å². The molecule has 1 heterocycles. The van der Waals surface area contributed by atoms with E-state index < -0.39 is 0 Å². The summed E-state index contributed by atoms with van der Waals surface area (Å²) < 4.78 is 14.5. The Morgan fingerprint density at radius 1 is 1.10 bits per heavy atom. The Labute approximate surface area is 172 Å². The summed E-state index contributed by atoms with van der Waals surface area (Å²) in [5.74, 6) is -0.274. The Morgan fingerprint density at radius 2 is 1.83 bits per heavy atom. The zero-order valence-electron chi connectivity index (χ0n) is 16.8. The summed E-state index contributed by atoms with van der Waals surface area (Å²) in [5, 5.41) is 5.35. The Kier molecular flexibility index (Phi) is 7.01. The van der Waals surface area contributed by atoms with Gasteiger partial charge in [-0.15, -0.1) is 0 Å². The number of nitrogens with one attached hydrogen (secondary N) is 1. The van der Waals surface area contributed by atoms with Crippen molar-refractivity contribution in [2.75, 3.05) is 18.4 Å². The van der Waals surface area contributed by atoms with Gasteiger partial charge in [0, 0.05) is 47.4 Å². The molecule has 2 aromatic carbocycles. The summed E-state index contributed by atoms with van der Waals surface area (Å²) in [5.41, 5.74) is 3.32. The van der Waals surface area contributed by atoms with Gasteiger partial charge in [-0.2, -0.15) is 0 Å². The topological polar surface area (TPSA) is 27.6 Å². The third-order valence-electron chi connectivity index (χ3n) is 5.14. The molecule has 0 atom stereocenters. The first-order valence-electron chi connectivity index (χ1n) is 10.0. The summed E-state index contributed by atoms with van der Waals surface area (Å²) in [6, 6.07) is 11.8. The Hall–Kier alpha value is -3.14. The van der Waals surface area contributed by atoms with Crippen LogP contribution in [0.2, 0.25) is 0 Å². The lowest BCUT2D eigenvalue weighted by molar-refractivity contribution is 0.292. The highest BCUT2D eigenvalue weighted by Gasteiger charge is 2.11. The van der Waals surface area contributed by atoms with E-state index >= 15 is 0 Å². The van der Waals surface area contributed by atoms with Gasteiger partial charge in [0.2, 0.25) is 0 Å². The zero-order valence-corrected chi connectivity index (χ0v) is 16.8. The monoisotopic (exact) mass is 389 g/mol. The van der Waals surface area contributed by atoms with Gasteiger partial charge in [0.05, 0.1) is 5.69 Å². The van der Waals surface area contributed by atoms with Crippen LogP contribution in [0.1, 0.15) is 25.7 Å². The maximum atomic E-state index is 14.5. The molecule has 4 heteroatoms. The Morgan fingerprint density at radius 3 is 2.52 bits per heavy atom. The Balaban J connectivity index is 1.69. The number of rotatable bonds is 8. The summed E-state index contributed by atoms with van der Waals surface area (Å²) in [6.07, 6.45) is 8.76. The molecule has 150 valence electrons. The molecule has 3 rings (SSSR count). The molecule has 0 radical (unpaired) electrons. The van der Waals surface area contributed by atoms with Gasteiger partial charge in [-0.3, -0.25) is 4.99 Å². The van der Waals surface area contributed by atoms with Crippen molar-refractivity contribution in [2.24, 2.45) is 4.99 Å². The molecular weight excluding hydrogens is 361 g/mol. The van der Waals surface area contributed by atoms with Gasteiger partial charge in [-0.1, -0.05) is 37.4 Å². The van der Waals surface area contributed by atoms with Gasteiger partial charge >= 0.3 is 0 Å². The van der Waals surface area contributed by atoms with Crippen LogP contribution >= 0.6 is 0 Å². The number of hydrogen-bond acceptors (Lipinski definition) is 3.